The van der Waals surface area contributed by atoms with Crippen molar-refractivity contribution in [3.63, 3.8) is 0 Å². The Kier molecular flexibility index (Phi) is 6.82. The van der Waals surface area contributed by atoms with Crippen LogP contribution in [0.4, 0.5) is 5.69 Å². The van der Waals surface area contributed by atoms with Crippen LogP contribution in [0.25, 0.3) is 0 Å². The van der Waals surface area contributed by atoms with Crippen LogP contribution in [0.15, 0.2) is 48.5 Å². The molecule has 2 atom stereocenters. The molecule has 2 aromatic carbocycles. The average Bonchev–Trinajstić information content (AvgIpc) is 3.00. The van der Waals surface area contributed by atoms with Gasteiger partial charge in [-0.1, -0.05) is 35.9 Å². The lowest BCUT2D eigenvalue weighted by molar-refractivity contribution is -0.117. The zero-order valence-electron chi connectivity index (χ0n) is 14.1. The summed E-state index contributed by atoms with van der Waals surface area (Å²) in [7, 11) is 0. The van der Waals surface area contributed by atoms with Crippen molar-refractivity contribution in [2.75, 3.05) is 11.9 Å². The molecule has 0 spiro atoms. The number of benzene rings is 2. The van der Waals surface area contributed by atoms with Crippen LogP contribution in [0.2, 0.25) is 0 Å². The van der Waals surface area contributed by atoms with Gasteiger partial charge in [0.05, 0.1) is 12.1 Å². The van der Waals surface area contributed by atoms with Crippen molar-refractivity contribution in [1.29, 1.82) is 0 Å². The Hall–Kier alpha value is -2.08. The number of anilines is 1. The fourth-order valence-electron chi connectivity index (χ4n) is 2.78. The summed E-state index contributed by atoms with van der Waals surface area (Å²) < 4.78 is 5.80. The fraction of sp³-hybridized carbons (Fsp3) is 0.316. The summed E-state index contributed by atoms with van der Waals surface area (Å²) in [6.45, 7) is 2.99. The number of hydrogen-bond acceptors (Lipinski definition) is 4. The first-order valence-corrected chi connectivity index (χ1v) is 8.11. The highest BCUT2D eigenvalue weighted by Crippen LogP contribution is 2.20. The molecule has 0 bridgehead atoms. The Morgan fingerprint density at radius 2 is 2.08 bits per heavy atom. The van der Waals surface area contributed by atoms with E-state index < -0.39 is 6.10 Å². The van der Waals surface area contributed by atoms with Crippen LogP contribution in [-0.4, -0.2) is 29.7 Å². The van der Waals surface area contributed by atoms with Crippen LogP contribution in [0.5, 0.6) is 5.75 Å². The molecule has 0 aliphatic carbocycles. The van der Waals surface area contributed by atoms with Gasteiger partial charge in [-0.15, -0.1) is 12.4 Å². The number of nitrogens with one attached hydrogen (secondary N) is 2. The minimum Gasteiger partial charge on any atom is -0.489 e. The third kappa shape index (κ3) is 5.46. The first kappa shape index (κ1) is 19.2. The lowest BCUT2D eigenvalue weighted by atomic mass is 10.1. The molecule has 25 heavy (non-hydrogen) atoms. The van der Waals surface area contributed by atoms with Gasteiger partial charge in [0.2, 0.25) is 5.91 Å². The number of ether oxygens (including phenoxy) is 1. The fourth-order valence-corrected chi connectivity index (χ4v) is 2.78. The van der Waals surface area contributed by atoms with Crippen LogP contribution in [0.1, 0.15) is 17.5 Å². The number of aliphatic hydroxyl groups excluding tert-OH is 1. The maximum absolute atomic E-state index is 12.2. The number of hydrogen-bond donors (Lipinski definition) is 3. The Labute approximate surface area is 153 Å². The summed E-state index contributed by atoms with van der Waals surface area (Å²) in [6.07, 6.45) is -0.0141. The van der Waals surface area contributed by atoms with Gasteiger partial charge in [0, 0.05) is 18.3 Å². The number of aliphatic hydroxyl groups is 1. The Balaban J connectivity index is 0.00000225. The molecule has 5 nitrogen and oxygen atoms in total. The maximum atomic E-state index is 12.2. The summed E-state index contributed by atoms with van der Waals surface area (Å²) in [5.74, 6) is 0.566. The molecule has 1 amide bonds. The van der Waals surface area contributed by atoms with E-state index in [4.69, 9.17) is 4.74 Å². The van der Waals surface area contributed by atoms with Gasteiger partial charge in [-0.2, -0.15) is 0 Å². The van der Waals surface area contributed by atoms with Crippen LogP contribution in [-0.2, 0) is 11.4 Å². The molecule has 134 valence electrons. The highest BCUT2D eigenvalue weighted by molar-refractivity contribution is 5.95. The minimum atomic E-state index is -0.454. The summed E-state index contributed by atoms with van der Waals surface area (Å²) in [6, 6.07) is 15.2. The third-order valence-corrected chi connectivity index (χ3v) is 4.01. The Bertz CT molecular complexity index is 723. The molecular formula is C19H23ClN2O3. The van der Waals surface area contributed by atoms with Crippen molar-refractivity contribution in [1.82, 2.24) is 5.32 Å². The van der Waals surface area contributed by atoms with Gasteiger partial charge in [-0.25, -0.2) is 0 Å². The number of carbonyl (C=O) groups is 1. The molecule has 1 aliphatic heterocycles. The molecule has 1 fully saturated rings. The van der Waals surface area contributed by atoms with Crippen LogP contribution >= 0.6 is 12.4 Å². The van der Waals surface area contributed by atoms with Gasteiger partial charge >= 0.3 is 0 Å². The van der Waals surface area contributed by atoms with E-state index in [0.29, 0.717) is 31.0 Å². The molecule has 2 aromatic rings. The topological polar surface area (TPSA) is 70.6 Å². The largest absolute Gasteiger partial charge is 0.489 e. The summed E-state index contributed by atoms with van der Waals surface area (Å²) in [4.78, 5) is 12.2. The normalized spacial score (nSPS) is 19.1. The monoisotopic (exact) mass is 362 g/mol. The van der Waals surface area contributed by atoms with Crippen LogP contribution in [0.3, 0.4) is 0 Å². The zero-order chi connectivity index (χ0) is 16.9. The molecular weight excluding hydrogens is 340 g/mol. The average molecular weight is 363 g/mol. The van der Waals surface area contributed by atoms with E-state index in [-0.39, 0.29) is 24.4 Å². The number of aryl methyl sites for hydroxylation is 1. The predicted molar refractivity (Wildman–Crippen MR) is 100 cm³/mol. The highest BCUT2D eigenvalue weighted by Gasteiger charge is 2.27. The van der Waals surface area contributed by atoms with E-state index in [0.717, 1.165) is 5.56 Å². The number of rotatable bonds is 5. The van der Waals surface area contributed by atoms with Crippen molar-refractivity contribution in [3.05, 3.63) is 59.7 Å². The quantitative estimate of drug-likeness (QED) is 0.764. The number of amides is 1. The summed E-state index contributed by atoms with van der Waals surface area (Å²) >= 11 is 0. The number of β-amino-alcohol motifs (C(OH)–C–C–N with tert-alkyl or cyclic N) is 1. The standard InChI is InChI=1S/C19H22N2O3.ClH/c1-13-4-2-5-14(8-13)12-24-17-7-3-6-15(9-17)21-19(23)18-10-16(22)11-20-18;/h2-9,16,18,20,22H,10-12H2,1H3,(H,21,23);1H. The minimum absolute atomic E-state index is 0. The molecule has 0 aromatic heterocycles. The van der Waals surface area contributed by atoms with Gasteiger partial charge in [0.1, 0.15) is 12.4 Å². The predicted octanol–water partition coefficient (Wildman–Crippen LogP) is 2.66. The van der Waals surface area contributed by atoms with Crippen LogP contribution in [0, 0.1) is 6.92 Å². The maximum Gasteiger partial charge on any atom is 0.241 e. The Morgan fingerprint density at radius 3 is 2.80 bits per heavy atom. The van der Waals surface area contributed by atoms with Gasteiger partial charge < -0.3 is 20.5 Å². The van der Waals surface area contributed by atoms with E-state index in [1.807, 2.05) is 43.3 Å². The zero-order valence-corrected chi connectivity index (χ0v) is 14.9. The molecule has 6 heteroatoms. The van der Waals surface area contributed by atoms with E-state index in [2.05, 4.69) is 16.7 Å². The number of halogens is 1. The second kappa shape index (κ2) is 8.85. The second-order valence-corrected chi connectivity index (χ2v) is 6.15. The molecule has 3 N–H and O–H groups in total. The molecule has 1 saturated heterocycles. The highest BCUT2D eigenvalue weighted by atomic mass is 35.5. The van der Waals surface area contributed by atoms with Gasteiger partial charge in [0.15, 0.2) is 0 Å². The smallest absolute Gasteiger partial charge is 0.241 e. The first-order valence-electron chi connectivity index (χ1n) is 8.11. The lowest BCUT2D eigenvalue weighted by Crippen LogP contribution is -2.35. The molecule has 1 aliphatic rings. The third-order valence-electron chi connectivity index (χ3n) is 4.01. The van der Waals surface area contributed by atoms with Gasteiger partial charge in [-0.3, -0.25) is 4.79 Å². The van der Waals surface area contributed by atoms with E-state index in [1.54, 1.807) is 6.07 Å². The van der Waals surface area contributed by atoms with Gasteiger partial charge in [0.25, 0.3) is 0 Å². The summed E-state index contributed by atoms with van der Waals surface area (Å²) in [5.41, 5.74) is 2.99. The van der Waals surface area contributed by atoms with Crippen molar-refractivity contribution >= 4 is 24.0 Å². The summed E-state index contributed by atoms with van der Waals surface area (Å²) in [5, 5.41) is 15.4. The van der Waals surface area contributed by atoms with E-state index >= 15 is 0 Å². The molecule has 1 heterocycles. The SMILES string of the molecule is Cc1cccc(COc2cccc(NC(=O)C3CC(O)CN3)c2)c1.Cl. The van der Waals surface area contributed by atoms with Crippen LogP contribution < -0.4 is 15.4 Å². The lowest BCUT2D eigenvalue weighted by Gasteiger charge is -2.12. The van der Waals surface area contributed by atoms with Gasteiger partial charge in [-0.05, 0) is 31.0 Å². The van der Waals surface area contributed by atoms with E-state index in [1.165, 1.54) is 5.56 Å². The molecule has 2 unspecified atom stereocenters. The molecule has 0 saturated carbocycles. The van der Waals surface area contributed by atoms with Crippen molar-refractivity contribution in [2.45, 2.75) is 32.1 Å². The van der Waals surface area contributed by atoms with Crippen molar-refractivity contribution < 1.29 is 14.6 Å². The van der Waals surface area contributed by atoms with Crippen molar-refractivity contribution in [3.8, 4) is 5.75 Å². The van der Waals surface area contributed by atoms with Crippen molar-refractivity contribution in [2.24, 2.45) is 0 Å². The Morgan fingerprint density at radius 1 is 1.28 bits per heavy atom. The van der Waals surface area contributed by atoms with E-state index in [9.17, 15) is 9.90 Å². The molecule has 0 radical (unpaired) electrons. The first-order chi connectivity index (χ1) is 11.6. The molecule has 3 rings (SSSR count). The number of carbonyl (C=O) groups excluding carboxylic acids is 1. The second-order valence-electron chi connectivity index (χ2n) is 6.15.